The first-order chi connectivity index (χ1) is 7.95. The van der Waals surface area contributed by atoms with Crippen molar-refractivity contribution in [2.45, 2.75) is 53.4 Å². The van der Waals surface area contributed by atoms with E-state index < -0.39 is 0 Å². The first-order valence-corrected chi connectivity index (χ1v) is 6.99. The van der Waals surface area contributed by atoms with E-state index in [-0.39, 0.29) is 12.4 Å². The molecule has 17 heavy (non-hydrogen) atoms. The lowest BCUT2D eigenvalue weighted by Gasteiger charge is -2.22. The Labute approximate surface area is 110 Å². The fourth-order valence-corrected chi connectivity index (χ4v) is 2.24. The maximum absolute atomic E-state index is 5.95. The molecule has 0 aromatic rings. The normalized spacial score (nSPS) is 27.0. The zero-order chi connectivity index (χ0) is 13.0. The number of alkyl halides is 1. The van der Waals surface area contributed by atoms with Crippen LogP contribution in [0, 0.1) is 11.8 Å². The van der Waals surface area contributed by atoms with Gasteiger partial charge < -0.3 is 9.47 Å². The van der Waals surface area contributed by atoms with Gasteiger partial charge in [0.05, 0.1) is 18.6 Å². The Morgan fingerprint density at radius 3 is 2.35 bits per heavy atom. The van der Waals surface area contributed by atoms with E-state index in [0.29, 0.717) is 24.3 Å². The molecule has 0 saturated carbocycles. The smallest absolute Gasteiger partial charge is 0.171 e. The van der Waals surface area contributed by atoms with Crippen molar-refractivity contribution < 1.29 is 9.47 Å². The van der Waals surface area contributed by atoms with Gasteiger partial charge in [0.25, 0.3) is 0 Å². The third-order valence-electron chi connectivity index (χ3n) is 3.47. The van der Waals surface area contributed by atoms with Crippen LogP contribution in [0.2, 0.25) is 0 Å². The largest absolute Gasteiger partial charge is 0.351 e. The fraction of sp³-hybridized carbons (Fsp3) is 0.857. The highest BCUT2D eigenvalue weighted by Crippen LogP contribution is 2.34. The quantitative estimate of drug-likeness (QED) is 0.409. The summed E-state index contributed by atoms with van der Waals surface area (Å²) in [5.74, 6) is 1.51. The molecule has 1 rings (SSSR count). The van der Waals surface area contributed by atoms with Crippen LogP contribution in [0.3, 0.4) is 0 Å². The van der Waals surface area contributed by atoms with Gasteiger partial charge in [-0.05, 0) is 37.7 Å². The number of ether oxygens (including phenoxy) is 2. The highest BCUT2D eigenvalue weighted by molar-refractivity contribution is 6.18. The van der Waals surface area contributed by atoms with E-state index >= 15 is 0 Å². The molecule has 1 aliphatic carbocycles. The van der Waals surface area contributed by atoms with Crippen molar-refractivity contribution in [1.82, 2.24) is 0 Å². The Balaban J connectivity index is 2.47. The summed E-state index contributed by atoms with van der Waals surface area (Å²) in [7, 11) is 0. The fourth-order valence-electron chi connectivity index (χ4n) is 2.08. The SMILES string of the molecule is CC1=C(C)C(OC(CCl)OCC(C)C)CC1C. The van der Waals surface area contributed by atoms with Crippen LogP contribution in [0.1, 0.15) is 41.0 Å². The minimum atomic E-state index is -0.280. The van der Waals surface area contributed by atoms with Crippen LogP contribution >= 0.6 is 11.6 Å². The van der Waals surface area contributed by atoms with Crippen LogP contribution in [0.5, 0.6) is 0 Å². The summed E-state index contributed by atoms with van der Waals surface area (Å²) >= 11 is 5.88. The molecule has 3 unspecified atom stereocenters. The Hall–Kier alpha value is -0.0500. The van der Waals surface area contributed by atoms with Gasteiger partial charge in [-0.2, -0.15) is 0 Å². The molecule has 0 heterocycles. The summed E-state index contributed by atoms with van der Waals surface area (Å²) < 4.78 is 11.6. The van der Waals surface area contributed by atoms with Gasteiger partial charge >= 0.3 is 0 Å². The van der Waals surface area contributed by atoms with E-state index in [1.165, 1.54) is 11.1 Å². The van der Waals surface area contributed by atoms with Crippen molar-refractivity contribution in [3.63, 3.8) is 0 Å². The van der Waals surface area contributed by atoms with Gasteiger partial charge in [0.1, 0.15) is 0 Å². The predicted octanol–water partition coefficient (Wildman–Crippen LogP) is 3.99. The molecular formula is C14H25ClO2. The van der Waals surface area contributed by atoms with E-state index in [2.05, 4.69) is 34.6 Å². The maximum Gasteiger partial charge on any atom is 0.171 e. The van der Waals surface area contributed by atoms with Gasteiger partial charge in [0, 0.05) is 0 Å². The molecule has 3 atom stereocenters. The molecule has 0 fully saturated rings. The van der Waals surface area contributed by atoms with Crippen LogP contribution in [-0.2, 0) is 9.47 Å². The van der Waals surface area contributed by atoms with E-state index in [4.69, 9.17) is 21.1 Å². The second kappa shape index (κ2) is 6.77. The van der Waals surface area contributed by atoms with Crippen molar-refractivity contribution in [1.29, 1.82) is 0 Å². The Morgan fingerprint density at radius 2 is 1.94 bits per heavy atom. The number of allylic oxidation sites excluding steroid dienone is 1. The molecule has 2 nitrogen and oxygen atoms in total. The van der Waals surface area contributed by atoms with Gasteiger partial charge in [-0.15, -0.1) is 11.6 Å². The number of halogens is 1. The van der Waals surface area contributed by atoms with E-state index in [1.54, 1.807) is 0 Å². The van der Waals surface area contributed by atoms with Crippen LogP contribution in [-0.4, -0.2) is 24.9 Å². The molecule has 0 spiro atoms. The van der Waals surface area contributed by atoms with E-state index in [0.717, 1.165) is 6.42 Å². The standard InChI is InChI=1S/C14H25ClO2/c1-9(2)8-16-14(7-15)17-13-6-10(3)11(4)12(13)5/h9-10,13-14H,6-8H2,1-5H3. The topological polar surface area (TPSA) is 18.5 Å². The van der Waals surface area contributed by atoms with Gasteiger partial charge in [-0.25, -0.2) is 0 Å². The summed E-state index contributed by atoms with van der Waals surface area (Å²) in [6, 6.07) is 0. The van der Waals surface area contributed by atoms with Crippen LogP contribution < -0.4 is 0 Å². The summed E-state index contributed by atoms with van der Waals surface area (Å²) in [4.78, 5) is 0. The molecule has 0 amide bonds. The molecule has 3 heteroatoms. The monoisotopic (exact) mass is 260 g/mol. The number of hydrogen-bond acceptors (Lipinski definition) is 2. The van der Waals surface area contributed by atoms with Crippen molar-refractivity contribution in [2.24, 2.45) is 11.8 Å². The van der Waals surface area contributed by atoms with Crippen LogP contribution in [0.25, 0.3) is 0 Å². The van der Waals surface area contributed by atoms with E-state index in [9.17, 15) is 0 Å². The zero-order valence-electron chi connectivity index (χ0n) is 11.6. The average molecular weight is 261 g/mol. The maximum atomic E-state index is 5.95. The zero-order valence-corrected chi connectivity index (χ0v) is 12.4. The Morgan fingerprint density at radius 1 is 1.29 bits per heavy atom. The van der Waals surface area contributed by atoms with Gasteiger partial charge in [-0.3, -0.25) is 0 Å². The molecule has 0 aromatic carbocycles. The second-order valence-corrected chi connectivity index (χ2v) is 5.75. The third kappa shape index (κ3) is 4.27. The molecule has 0 bridgehead atoms. The lowest BCUT2D eigenvalue weighted by molar-refractivity contribution is -0.154. The summed E-state index contributed by atoms with van der Waals surface area (Å²) in [5, 5.41) is 0. The van der Waals surface area contributed by atoms with Crippen molar-refractivity contribution in [3.8, 4) is 0 Å². The molecule has 0 saturated heterocycles. The molecule has 0 aliphatic heterocycles. The van der Waals surface area contributed by atoms with E-state index in [1.807, 2.05) is 0 Å². The molecular weight excluding hydrogens is 236 g/mol. The highest BCUT2D eigenvalue weighted by atomic mass is 35.5. The molecule has 0 radical (unpaired) electrons. The Bertz CT molecular complexity index is 273. The molecule has 0 aromatic heterocycles. The highest BCUT2D eigenvalue weighted by Gasteiger charge is 2.28. The third-order valence-corrected chi connectivity index (χ3v) is 3.72. The first-order valence-electron chi connectivity index (χ1n) is 6.46. The lowest BCUT2D eigenvalue weighted by atomic mass is 10.1. The number of hydrogen-bond donors (Lipinski definition) is 0. The van der Waals surface area contributed by atoms with Crippen molar-refractivity contribution in [2.75, 3.05) is 12.5 Å². The lowest BCUT2D eigenvalue weighted by Crippen LogP contribution is -2.27. The van der Waals surface area contributed by atoms with Gasteiger partial charge in [0.15, 0.2) is 6.29 Å². The molecule has 0 N–H and O–H groups in total. The van der Waals surface area contributed by atoms with Crippen molar-refractivity contribution >= 4 is 11.6 Å². The minimum Gasteiger partial charge on any atom is -0.351 e. The van der Waals surface area contributed by atoms with Crippen molar-refractivity contribution in [3.05, 3.63) is 11.1 Å². The summed E-state index contributed by atoms with van der Waals surface area (Å²) in [5.41, 5.74) is 2.80. The summed E-state index contributed by atoms with van der Waals surface area (Å²) in [6.07, 6.45) is 0.953. The average Bonchev–Trinajstić information content (AvgIpc) is 2.52. The second-order valence-electron chi connectivity index (χ2n) is 5.44. The van der Waals surface area contributed by atoms with Crippen LogP contribution in [0.4, 0.5) is 0 Å². The first kappa shape index (κ1) is 15.0. The molecule has 1 aliphatic rings. The van der Waals surface area contributed by atoms with Gasteiger partial charge in [-0.1, -0.05) is 26.3 Å². The predicted molar refractivity (Wildman–Crippen MR) is 72.3 cm³/mol. The minimum absolute atomic E-state index is 0.181. The summed E-state index contributed by atoms with van der Waals surface area (Å²) in [6.45, 7) is 11.5. The van der Waals surface area contributed by atoms with Gasteiger partial charge in [0.2, 0.25) is 0 Å². The van der Waals surface area contributed by atoms with Crippen LogP contribution in [0.15, 0.2) is 11.1 Å². The molecule has 100 valence electrons. The number of rotatable bonds is 6. The Kier molecular flexibility index (Phi) is 5.98.